The molecular weight excluding hydrogens is 373 g/mol. The van der Waals surface area contributed by atoms with Crippen LogP contribution in [-0.4, -0.2) is 53.6 Å². The van der Waals surface area contributed by atoms with E-state index in [1.54, 1.807) is 12.1 Å². The molecule has 0 fully saturated rings. The molecule has 28 heavy (non-hydrogen) atoms. The third kappa shape index (κ3) is 3.42. The molecule has 148 valence electrons. The zero-order valence-corrected chi connectivity index (χ0v) is 14.8. The standard InChI is InChI=1S/C20H19F3N2O3/c21-9-16(22)17(23)18(19(24)26)25(20(27)28)10-15-13-7-3-1-5-11(13)12-6-2-4-8-14(12)15/h1-8,15-18H,9-10H2,(H2,24,26)(H,27,28)/t16?,17?,18-/m1/s1. The van der Waals surface area contributed by atoms with Crippen molar-refractivity contribution < 1.29 is 27.9 Å². The number of fused-ring (bicyclic) bond motifs is 3. The quantitative estimate of drug-likeness (QED) is 0.759. The van der Waals surface area contributed by atoms with Crippen molar-refractivity contribution in [2.24, 2.45) is 5.73 Å². The Bertz CT molecular complexity index is 847. The number of primary amides is 1. The van der Waals surface area contributed by atoms with Gasteiger partial charge in [0.1, 0.15) is 12.7 Å². The van der Waals surface area contributed by atoms with Crippen molar-refractivity contribution in [1.82, 2.24) is 4.90 Å². The predicted molar refractivity (Wildman–Crippen MR) is 97.2 cm³/mol. The Labute approximate surface area is 159 Å². The largest absolute Gasteiger partial charge is 0.465 e. The van der Waals surface area contributed by atoms with Gasteiger partial charge in [-0.15, -0.1) is 0 Å². The van der Waals surface area contributed by atoms with Gasteiger partial charge in [-0.05, 0) is 22.3 Å². The Morgan fingerprint density at radius 2 is 1.54 bits per heavy atom. The summed E-state index contributed by atoms with van der Waals surface area (Å²) in [6, 6.07) is 12.5. The summed E-state index contributed by atoms with van der Waals surface area (Å²) in [5, 5.41) is 9.59. The Hall–Kier alpha value is -3.03. The van der Waals surface area contributed by atoms with Crippen LogP contribution in [0.5, 0.6) is 0 Å². The lowest BCUT2D eigenvalue weighted by Gasteiger charge is -2.32. The van der Waals surface area contributed by atoms with E-state index >= 15 is 0 Å². The number of halogens is 3. The molecule has 2 aromatic rings. The lowest BCUT2D eigenvalue weighted by molar-refractivity contribution is -0.126. The molecule has 2 amide bonds. The second-order valence-corrected chi connectivity index (χ2v) is 6.62. The normalized spacial score (nSPS) is 16.0. The molecule has 3 N–H and O–H groups in total. The molecule has 0 aromatic heterocycles. The lowest BCUT2D eigenvalue weighted by Crippen LogP contribution is -2.56. The number of carbonyl (C=O) groups is 2. The molecular formula is C20H19F3N2O3. The maximum absolute atomic E-state index is 14.4. The minimum atomic E-state index is -2.70. The van der Waals surface area contributed by atoms with E-state index in [0.29, 0.717) is 4.90 Å². The number of hydrogen-bond acceptors (Lipinski definition) is 2. The van der Waals surface area contributed by atoms with Crippen LogP contribution in [0.25, 0.3) is 11.1 Å². The van der Waals surface area contributed by atoms with Gasteiger partial charge in [-0.1, -0.05) is 48.5 Å². The highest BCUT2D eigenvalue weighted by molar-refractivity contribution is 5.85. The molecule has 0 saturated carbocycles. The summed E-state index contributed by atoms with van der Waals surface area (Å²) >= 11 is 0. The number of benzene rings is 2. The fourth-order valence-corrected chi connectivity index (χ4v) is 3.73. The molecule has 0 saturated heterocycles. The molecule has 0 spiro atoms. The van der Waals surface area contributed by atoms with Crippen molar-refractivity contribution in [2.45, 2.75) is 24.3 Å². The summed E-state index contributed by atoms with van der Waals surface area (Å²) in [6.45, 7) is -2.01. The van der Waals surface area contributed by atoms with Crippen LogP contribution in [-0.2, 0) is 4.79 Å². The van der Waals surface area contributed by atoms with Gasteiger partial charge in [0, 0.05) is 12.5 Å². The molecule has 2 unspecified atom stereocenters. The summed E-state index contributed by atoms with van der Waals surface area (Å²) in [5.74, 6) is -1.87. The highest BCUT2D eigenvalue weighted by Crippen LogP contribution is 2.45. The van der Waals surface area contributed by atoms with Crippen molar-refractivity contribution in [3.63, 3.8) is 0 Å². The molecule has 1 aliphatic rings. The molecule has 3 atom stereocenters. The smallest absolute Gasteiger partial charge is 0.408 e. The van der Waals surface area contributed by atoms with E-state index in [9.17, 15) is 27.9 Å². The average Bonchev–Trinajstić information content (AvgIpc) is 3.00. The van der Waals surface area contributed by atoms with Crippen molar-refractivity contribution in [3.05, 3.63) is 59.7 Å². The van der Waals surface area contributed by atoms with Gasteiger partial charge in [-0.25, -0.2) is 18.0 Å². The molecule has 0 heterocycles. The first kappa shape index (κ1) is 19.7. The Morgan fingerprint density at radius 1 is 1.04 bits per heavy atom. The van der Waals surface area contributed by atoms with Crippen LogP contribution in [0.3, 0.4) is 0 Å². The van der Waals surface area contributed by atoms with Gasteiger partial charge in [-0.3, -0.25) is 9.69 Å². The molecule has 0 aliphatic heterocycles. The summed E-state index contributed by atoms with van der Waals surface area (Å²) in [5.41, 5.74) is 8.56. The SMILES string of the molecule is NC(=O)[C@@H](C(F)C(F)CF)N(CC1c2ccccc2-c2ccccc21)C(=O)O. The molecule has 3 rings (SSSR count). The lowest BCUT2D eigenvalue weighted by atomic mass is 9.95. The number of nitrogens with two attached hydrogens (primary N) is 1. The summed E-state index contributed by atoms with van der Waals surface area (Å²) in [6.07, 6.45) is -6.99. The summed E-state index contributed by atoms with van der Waals surface area (Å²) in [7, 11) is 0. The number of rotatable bonds is 7. The number of carbonyl (C=O) groups excluding carboxylic acids is 1. The van der Waals surface area contributed by atoms with Crippen LogP contribution >= 0.6 is 0 Å². The molecule has 1 aliphatic carbocycles. The zero-order chi connectivity index (χ0) is 20.4. The third-order valence-electron chi connectivity index (χ3n) is 5.01. The van der Waals surface area contributed by atoms with E-state index in [-0.39, 0.29) is 6.54 Å². The minimum absolute atomic E-state index is 0.323. The summed E-state index contributed by atoms with van der Waals surface area (Å²) in [4.78, 5) is 24.0. The van der Waals surface area contributed by atoms with Crippen LogP contribution in [0.15, 0.2) is 48.5 Å². The summed E-state index contributed by atoms with van der Waals surface area (Å²) < 4.78 is 40.5. The fourth-order valence-electron chi connectivity index (χ4n) is 3.73. The maximum Gasteiger partial charge on any atom is 0.408 e. The van der Waals surface area contributed by atoms with Crippen LogP contribution in [0.4, 0.5) is 18.0 Å². The predicted octanol–water partition coefficient (Wildman–Crippen LogP) is 3.28. The topological polar surface area (TPSA) is 83.6 Å². The van der Waals surface area contributed by atoms with E-state index in [1.165, 1.54) is 0 Å². The van der Waals surface area contributed by atoms with Crippen LogP contribution in [0.1, 0.15) is 17.0 Å². The molecule has 2 aromatic carbocycles. The van der Waals surface area contributed by atoms with E-state index in [2.05, 4.69) is 0 Å². The highest BCUT2D eigenvalue weighted by atomic mass is 19.2. The van der Waals surface area contributed by atoms with Gasteiger partial charge in [0.05, 0.1) is 0 Å². The van der Waals surface area contributed by atoms with E-state index in [1.807, 2.05) is 36.4 Å². The van der Waals surface area contributed by atoms with Gasteiger partial charge in [0.15, 0.2) is 12.3 Å². The van der Waals surface area contributed by atoms with Crippen molar-refractivity contribution in [1.29, 1.82) is 0 Å². The van der Waals surface area contributed by atoms with Crippen LogP contribution in [0, 0.1) is 0 Å². The monoisotopic (exact) mass is 392 g/mol. The number of hydrogen-bond donors (Lipinski definition) is 2. The number of amides is 2. The average molecular weight is 392 g/mol. The Morgan fingerprint density at radius 3 is 1.96 bits per heavy atom. The van der Waals surface area contributed by atoms with Gasteiger partial charge < -0.3 is 10.8 Å². The fraction of sp³-hybridized carbons (Fsp3) is 0.300. The Kier molecular flexibility index (Phi) is 5.58. The molecule has 0 bridgehead atoms. The number of carboxylic acid groups (broad SMARTS) is 1. The zero-order valence-electron chi connectivity index (χ0n) is 14.8. The second kappa shape index (κ2) is 7.92. The second-order valence-electron chi connectivity index (χ2n) is 6.62. The van der Waals surface area contributed by atoms with Crippen LogP contribution < -0.4 is 5.73 Å². The highest BCUT2D eigenvalue weighted by Gasteiger charge is 2.42. The third-order valence-corrected chi connectivity index (χ3v) is 5.01. The maximum atomic E-state index is 14.4. The van der Waals surface area contributed by atoms with Crippen molar-refractivity contribution >= 4 is 12.0 Å². The van der Waals surface area contributed by atoms with E-state index in [4.69, 9.17) is 5.73 Å². The van der Waals surface area contributed by atoms with Crippen molar-refractivity contribution in [3.8, 4) is 11.1 Å². The first-order valence-electron chi connectivity index (χ1n) is 8.68. The number of alkyl halides is 3. The van der Waals surface area contributed by atoms with Gasteiger partial charge in [0.2, 0.25) is 5.91 Å². The molecule has 5 nitrogen and oxygen atoms in total. The van der Waals surface area contributed by atoms with Gasteiger partial charge in [0.25, 0.3) is 0 Å². The van der Waals surface area contributed by atoms with Gasteiger partial charge in [-0.2, -0.15) is 0 Å². The van der Waals surface area contributed by atoms with E-state index < -0.39 is 43.0 Å². The van der Waals surface area contributed by atoms with Gasteiger partial charge >= 0.3 is 6.09 Å². The minimum Gasteiger partial charge on any atom is -0.465 e. The molecule has 8 heteroatoms. The Balaban J connectivity index is 2.01. The van der Waals surface area contributed by atoms with Crippen molar-refractivity contribution in [2.75, 3.05) is 13.2 Å². The first-order chi connectivity index (χ1) is 13.4. The van der Waals surface area contributed by atoms with E-state index in [0.717, 1.165) is 22.3 Å². The van der Waals surface area contributed by atoms with Crippen LogP contribution in [0.2, 0.25) is 0 Å². The number of nitrogens with zero attached hydrogens (tertiary/aromatic N) is 1. The molecule has 0 radical (unpaired) electrons. The first-order valence-corrected chi connectivity index (χ1v) is 8.68.